The van der Waals surface area contributed by atoms with Gasteiger partial charge in [-0.1, -0.05) is 24.3 Å². The van der Waals surface area contributed by atoms with Crippen molar-refractivity contribution in [3.05, 3.63) is 82.3 Å². The summed E-state index contributed by atoms with van der Waals surface area (Å²) in [6.07, 6.45) is 3.43. The number of methoxy groups -OCH3 is 1. The summed E-state index contributed by atoms with van der Waals surface area (Å²) in [4.78, 5) is 27.0. The van der Waals surface area contributed by atoms with E-state index in [0.717, 1.165) is 28.2 Å². The van der Waals surface area contributed by atoms with Gasteiger partial charge in [0.15, 0.2) is 0 Å². The first kappa shape index (κ1) is 20.4. The van der Waals surface area contributed by atoms with Gasteiger partial charge in [0.25, 0.3) is 5.91 Å². The van der Waals surface area contributed by atoms with E-state index in [0.29, 0.717) is 23.4 Å². The summed E-state index contributed by atoms with van der Waals surface area (Å²) < 4.78 is 7.11. The molecule has 3 rings (SSSR count). The third kappa shape index (κ3) is 3.44. The Hall–Kier alpha value is -3.34. The molecule has 1 amide bonds. The third-order valence-corrected chi connectivity index (χ3v) is 5.34. The highest BCUT2D eigenvalue weighted by Gasteiger charge is 2.36. The summed E-state index contributed by atoms with van der Waals surface area (Å²) in [5.74, 6) is -0.732. The van der Waals surface area contributed by atoms with Gasteiger partial charge in [0.05, 0.1) is 18.3 Å². The Labute approximate surface area is 171 Å². The summed E-state index contributed by atoms with van der Waals surface area (Å²) in [6, 6.07) is 10.2. The lowest BCUT2D eigenvalue weighted by molar-refractivity contribution is -0.136. The average molecular weight is 390 g/mol. The van der Waals surface area contributed by atoms with Crippen LogP contribution in [-0.2, 0) is 14.3 Å². The van der Waals surface area contributed by atoms with Crippen molar-refractivity contribution in [3.63, 3.8) is 0 Å². The van der Waals surface area contributed by atoms with Crippen molar-refractivity contribution in [1.29, 1.82) is 0 Å². The van der Waals surface area contributed by atoms with Gasteiger partial charge in [-0.3, -0.25) is 4.79 Å². The number of amides is 1. The van der Waals surface area contributed by atoms with E-state index in [1.165, 1.54) is 7.11 Å². The van der Waals surface area contributed by atoms with Gasteiger partial charge in [-0.2, -0.15) is 0 Å². The van der Waals surface area contributed by atoms with Crippen LogP contribution < -0.4 is 0 Å². The number of allylic oxidation sites excluding steroid dienone is 1. The minimum atomic E-state index is -0.513. The maximum absolute atomic E-state index is 13.0. The van der Waals surface area contributed by atoms with Crippen LogP contribution in [-0.4, -0.2) is 35.0 Å². The lowest BCUT2D eigenvalue weighted by Crippen LogP contribution is -2.25. The zero-order chi connectivity index (χ0) is 21.3. The number of esters is 1. The highest BCUT2D eigenvalue weighted by atomic mass is 16.5. The van der Waals surface area contributed by atoms with Gasteiger partial charge < -0.3 is 14.2 Å². The van der Waals surface area contributed by atoms with Gasteiger partial charge in [0.1, 0.15) is 0 Å². The van der Waals surface area contributed by atoms with Crippen molar-refractivity contribution in [2.45, 2.75) is 27.7 Å². The normalized spacial score (nSPS) is 15.4. The van der Waals surface area contributed by atoms with Crippen LogP contribution in [0.15, 0.2) is 59.8 Å². The van der Waals surface area contributed by atoms with Crippen molar-refractivity contribution in [1.82, 2.24) is 9.47 Å². The van der Waals surface area contributed by atoms with E-state index in [1.54, 1.807) is 24.0 Å². The Morgan fingerprint density at radius 3 is 2.48 bits per heavy atom. The van der Waals surface area contributed by atoms with Crippen LogP contribution in [0.2, 0.25) is 0 Å². The molecule has 1 aromatic heterocycles. The summed E-state index contributed by atoms with van der Waals surface area (Å²) in [7, 11) is 1.32. The number of benzene rings is 1. The number of carbonyl (C=O) groups is 2. The third-order valence-electron chi connectivity index (χ3n) is 5.34. The molecule has 0 atom stereocenters. The summed E-state index contributed by atoms with van der Waals surface area (Å²) >= 11 is 0. The van der Waals surface area contributed by atoms with Crippen LogP contribution in [0.25, 0.3) is 11.8 Å². The molecule has 150 valence electrons. The van der Waals surface area contributed by atoms with Crippen LogP contribution in [0.3, 0.4) is 0 Å². The van der Waals surface area contributed by atoms with Gasteiger partial charge in [-0.05, 0) is 57.0 Å². The van der Waals surface area contributed by atoms with E-state index in [1.807, 2.05) is 32.0 Å². The molecule has 0 bridgehead atoms. The molecule has 0 fully saturated rings. The molecule has 1 aromatic carbocycles. The Balaban J connectivity index is 2.16. The Kier molecular flexibility index (Phi) is 5.59. The van der Waals surface area contributed by atoms with Crippen molar-refractivity contribution >= 4 is 18.0 Å². The average Bonchev–Trinajstić information content (AvgIpc) is 3.10. The number of rotatable bonds is 5. The number of para-hydroxylation sites is 1. The molecule has 1 aliphatic heterocycles. The number of nitrogens with zero attached hydrogens (tertiary/aromatic N) is 2. The molecular formula is C24H26N2O3. The minimum Gasteiger partial charge on any atom is -0.465 e. The molecule has 0 radical (unpaired) electrons. The van der Waals surface area contributed by atoms with E-state index >= 15 is 0 Å². The highest BCUT2D eigenvalue weighted by molar-refractivity contribution is 6.16. The lowest BCUT2D eigenvalue weighted by atomic mass is 10.0. The largest absolute Gasteiger partial charge is 0.465 e. The predicted octanol–water partition coefficient (Wildman–Crippen LogP) is 4.26. The number of carbonyl (C=O) groups excluding carboxylic acids is 2. The molecule has 5 heteroatoms. The van der Waals surface area contributed by atoms with E-state index in [2.05, 4.69) is 30.2 Å². The molecule has 0 saturated carbocycles. The monoisotopic (exact) mass is 390 g/mol. The van der Waals surface area contributed by atoms with Gasteiger partial charge in [0.2, 0.25) is 0 Å². The zero-order valence-corrected chi connectivity index (χ0v) is 17.6. The molecule has 0 spiro atoms. The van der Waals surface area contributed by atoms with Gasteiger partial charge in [-0.25, -0.2) is 4.79 Å². The van der Waals surface area contributed by atoms with E-state index in [9.17, 15) is 9.59 Å². The summed E-state index contributed by atoms with van der Waals surface area (Å²) in [5, 5.41) is 0. The van der Waals surface area contributed by atoms with Gasteiger partial charge in [0, 0.05) is 29.3 Å². The second kappa shape index (κ2) is 7.95. The Bertz CT molecular complexity index is 1070. The number of aryl methyl sites for hydroxylation is 2. The van der Waals surface area contributed by atoms with Crippen molar-refractivity contribution in [3.8, 4) is 5.69 Å². The minimum absolute atomic E-state index is 0.219. The first-order chi connectivity index (χ1) is 13.8. The zero-order valence-electron chi connectivity index (χ0n) is 17.6. The maximum Gasteiger partial charge on any atom is 0.340 e. The number of hydrogen-bond donors (Lipinski definition) is 0. The predicted molar refractivity (Wildman–Crippen MR) is 115 cm³/mol. The van der Waals surface area contributed by atoms with Crippen LogP contribution in [0.4, 0.5) is 0 Å². The molecular weight excluding hydrogens is 364 g/mol. The fourth-order valence-electron chi connectivity index (χ4n) is 3.85. The first-order valence-corrected chi connectivity index (χ1v) is 9.50. The standard InChI is InChI=1S/C24H26N2O3/c1-7-12-25-18(5)22(24(28)29-6)20(23(25)27)14-19-13-16(3)26(17(19)4)21-11-9-8-10-15(21)2/h7-11,13-14H,1,12H2,2-6H3. The van der Waals surface area contributed by atoms with E-state index in [-0.39, 0.29) is 5.91 Å². The smallest absolute Gasteiger partial charge is 0.340 e. The number of aromatic nitrogens is 1. The molecule has 29 heavy (non-hydrogen) atoms. The second-order valence-electron chi connectivity index (χ2n) is 7.16. The van der Waals surface area contributed by atoms with Crippen molar-refractivity contribution in [2.75, 3.05) is 13.7 Å². The molecule has 2 aromatic rings. The molecule has 2 heterocycles. The first-order valence-electron chi connectivity index (χ1n) is 9.50. The maximum atomic E-state index is 13.0. The summed E-state index contributed by atoms with van der Waals surface area (Å²) in [6.45, 7) is 11.9. The van der Waals surface area contributed by atoms with Crippen molar-refractivity contribution in [2.24, 2.45) is 0 Å². The molecule has 0 unspecified atom stereocenters. The Morgan fingerprint density at radius 1 is 1.17 bits per heavy atom. The van der Waals surface area contributed by atoms with Crippen LogP contribution in [0.1, 0.15) is 29.4 Å². The molecule has 0 N–H and O–H groups in total. The molecule has 1 aliphatic rings. The lowest BCUT2D eigenvalue weighted by Gasteiger charge is -2.14. The van der Waals surface area contributed by atoms with Crippen LogP contribution in [0.5, 0.6) is 0 Å². The van der Waals surface area contributed by atoms with Crippen LogP contribution in [0, 0.1) is 20.8 Å². The van der Waals surface area contributed by atoms with E-state index < -0.39 is 5.97 Å². The topological polar surface area (TPSA) is 51.5 Å². The number of hydrogen-bond acceptors (Lipinski definition) is 3. The highest BCUT2D eigenvalue weighted by Crippen LogP contribution is 2.33. The van der Waals surface area contributed by atoms with Gasteiger partial charge >= 0.3 is 5.97 Å². The fraction of sp³-hybridized carbons (Fsp3) is 0.250. The second-order valence-corrected chi connectivity index (χ2v) is 7.16. The summed E-state index contributed by atoms with van der Waals surface area (Å²) in [5.41, 5.74) is 6.44. The molecule has 5 nitrogen and oxygen atoms in total. The SMILES string of the molecule is C=CCN1C(=O)C(=Cc2cc(C)n(-c3ccccc3C)c2C)C(C(=O)OC)=C1C. The van der Waals surface area contributed by atoms with Crippen LogP contribution >= 0.6 is 0 Å². The fourth-order valence-corrected chi connectivity index (χ4v) is 3.85. The number of ether oxygens (including phenoxy) is 1. The van der Waals surface area contributed by atoms with E-state index in [4.69, 9.17) is 4.74 Å². The van der Waals surface area contributed by atoms with Gasteiger partial charge in [-0.15, -0.1) is 6.58 Å². The molecule has 0 aliphatic carbocycles. The Morgan fingerprint density at radius 2 is 1.86 bits per heavy atom. The quantitative estimate of drug-likeness (QED) is 0.435. The molecule has 0 saturated heterocycles. The van der Waals surface area contributed by atoms with Crippen molar-refractivity contribution < 1.29 is 14.3 Å².